The smallest absolute Gasteiger partial charge is 0.123 e. The van der Waals surface area contributed by atoms with Crippen molar-refractivity contribution in [2.24, 2.45) is 5.73 Å². The minimum atomic E-state index is 0.0475. The highest BCUT2D eigenvalue weighted by molar-refractivity contribution is 8.00. The molecule has 0 spiro atoms. The number of nitrogen functional groups attached to an aromatic ring is 1. The van der Waals surface area contributed by atoms with Crippen molar-refractivity contribution in [1.29, 1.82) is 5.41 Å². The average molecular weight is 254 g/mol. The molecule has 0 saturated heterocycles. The molecule has 17 heavy (non-hydrogen) atoms. The SMILES string of the molecule is COc1ccc(C(=N)N)c(SC(C)CCO)c1. The summed E-state index contributed by atoms with van der Waals surface area (Å²) in [5, 5.41) is 16.7. The molecule has 0 aliphatic carbocycles. The van der Waals surface area contributed by atoms with E-state index in [0.29, 0.717) is 12.0 Å². The van der Waals surface area contributed by atoms with Crippen LogP contribution >= 0.6 is 11.8 Å². The summed E-state index contributed by atoms with van der Waals surface area (Å²) in [4.78, 5) is 0.915. The maximum Gasteiger partial charge on any atom is 0.123 e. The highest BCUT2D eigenvalue weighted by Gasteiger charge is 2.11. The lowest BCUT2D eigenvalue weighted by Gasteiger charge is -2.14. The van der Waals surface area contributed by atoms with Crippen LogP contribution in [0.3, 0.4) is 0 Å². The average Bonchev–Trinajstić information content (AvgIpc) is 2.28. The van der Waals surface area contributed by atoms with Crippen molar-refractivity contribution in [3.63, 3.8) is 0 Å². The van der Waals surface area contributed by atoms with E-state index in [0.717, 1.165) is 10.6 Å². The predicted octanol–water partition coefficient (Wildman–Crippen LogP) is 1.84. The van der Waals surface area contributed by atoms with Gasteiger partial charge in [0.2, 0.25) is 0 Å². The minimum Gasteiger partial charge on any atom is -0.497 e. The van der Waals surface area contributed by atoms with Crippen LogP contribution in [-0.4, -0.2) is 29.9 Å². The van der Waals surface area contributed by atoms with Gasteiger partial charge in [0, 0.05) is 22.3 Å². The number of amidine groups is 1. The molecule has 1 atom stereocenters. The highest BCUT2D eigenvalue weighted by atomic mass is 32.2. The molecule has 4 nitrogen and oxygen atoms in total. The van der Waals surface area contributed by atoms with Gasteiger partial charge in [-0.25, -0.2) is 0 Å². The van der Waals surface area contributed by atoms with Gasteiger partial charge in [0.05, 0.1) is 7.11 Å². The lowest BCUT2D eigenvalue weighted by molar-refractivity contribution is 0.289. The number of benzene rings is 1. The Balaban J connectivity index is 2.96. The number of aliphatic hydroxyl groups is 1. The topological polar surface area (TPSA) is 79.3 Å². The number of rotatable bonds is 6. The second-order valence-corrected chi connectivity index (χ2v) is 5.20. The first kappa shape index (κ1) is 13.9. The molecule has 0 aliphatic rings. The molecule has 0 amide bonds. The van der Waals surface area contributed by atoms with Crippen LogP contribution in [0.5, 0.6) is 5.75 Å². The first-order chi connectivity index (χ1) is 8.08. The van der Waals surface area contributed by atoms with Gasteiger partial charge >= 0.3 is 0 Å². The summed E-state index contributed by atoms with van der Waals surface area (Å²) in [5.41, 5.74) is 6.24. The zero-order valence-electron chi connectivity index (χ0n) is 10.1. The van der Waals surface area contributed by atoms with Crippen molar-refractivity contribution >= 4 is 17.6 Å². The lowest BCUT2D eigenvalue weighted by atomic mass is 10.2. The van der Waals surface area contributed by atoms with E-state index >= 15 is 0 Å². The van der Waals surface area contributed by atoms with Crippen LogP contribution in [0, 0.1) is 5.41 Å². The van der Waals surface area contributed by atoms with Crippen molar-refractivity contribution in [3.8, 4) is 5.75 Å². The number of hydrogen-bond acceptors (Lipinski definition) is 4. The Hall–Kier alpha value is -1.20. The minimum absolute atomic E-state index is 0.0475. The molecule has 94 valence electrons. The Morgan fingerprint density at radius 3 is 2.82 bits per heavy atom. The van der Waals surface area contributed by atoms with E-state index in [2.05, 4.69) is 0 Å². The van der Waals surface area contributed by atoms with Crippen LogP contribution in [0.2, 0.25) is 0 Å². The summed E-state index contributed by atoms with van der Waals surface area (Å²) in [6.45, 7) is 2.19. The Labute approximate surface area is 106 Å². The van der Waals surface area contributed by atoms with Crippen molar-refractivity contribution in [2.45, 2.75) is 23.5 Å². The number of ether oxygens (including phenoxy) is 1. The number of nitrogens with two attached hydrogens (primary N) is 1. The van der Waals surface area contributed by atoms with Gasteiger partial charge in [-0.15, -0.1) is 11.8 Å². The standard InChI is InChI=1S/C12H18N2O2S/c1-8(5-6-15)17-11-7-9(16-2)3-4-10(11)12(13)14/h3-4,7-8,15H,5-6H2,1-2H3,(H3,13,14). The molecule has 1 aromatic rings. The second kappa shape index (κ2) is 6.51. The highest BCUT2D eigenvalue weighted by Crippen LogP contribution is 2.31. The summed E-state index contributed by atoms with van der Waals surface area (Å²) < 4.78 is 5.16. The third-order valence-electron chi connectivity index (χ3n) is 2.34. The summed E-state index contributed by atoms with van der Waals surface area (Å²) in [6.07, 6.45) is 0.708. The molecule has 0 saturated carbocycles. The zero-order valence-corrected chi connectivity index (χ0v) is 10.9. The first-order valence-corrected chi connectivity index (χ1v) is 6.26. The van der Waals surface area contributed by atoms with Crippen molar-refractivity contribution in [3.05, 3.63) is 23.8 Å². The van der Waals surface area contributed by atoms with E-state index in [1.807, 2.05) is 13.0 Å². The summed E-state index contributed by atoms with van der Waals surface area (Å²) in [5.74, 6) is 0.792. The summed E-state index contributed by atoms with van der Waals surface area (Å²) in [6, 6.07) is 5.45. The van der Waals surface area contributed by atoms with E-state index in [4.69, 9.17) is 21.0 Å². The number of hydrogen-bond donors (Lipinski definition) is 3. The van der Waals surface area contributed by atoms with Crippen LogP contribution in [0.25, 0.3) is 0 Å². The molecule has 0 radical (unpaired) electrons. The molecule has 4 N–H and O–H groups in total. The molecular formula is C12H18N2O2S. The molecule has 0 fully saturated rings. The van der Waals surface area contributed by atoms with Crippen molar-refractivity contribution in [2.75, 3.05) is 13.7 Å². The van der Waals surface area contributed by atoms with Crippen LogP contribution in [-0.2, 0) is 0 Å². The van der Waals surface area contributed by atoms with E-state index in [1.54, 1.807) is 31.0 Å². The Morgan fingerprint density at radius 1 is 1.59 bits per heavy atom. The molecule has 0 aliphatic heterocycles. The summed E-state index contributed by atoms with van der Waals surface area (Å²) in [7, 11) is 1.61. The maximum atomic E-state index is 8.89. The number of methoxy groups -OCH3 is 1. The van der Waals surface area contributed by atoms with E-state index in [-0.39, 0.29) is 17.7 Å². The van der Waals surface area contributed by atoms with Crippen molar-refractivity contribution < 1.29 is 9.84 Å². The van der Waals surface area contributed by atoms with Gasteiger partial charge in [0.1, 0.15) is 11.6 Å². The molecular weight excluding hydrogens is 236 g/mol. The lowest BCUT2D eigenvalue weighted by Crippen LogP contribution is -2.13. The number of aliphatic hydroxyl groups excluding tert-OH is 1. The molecule has 0 aromatic heterocycles. The molecule has 1 unspecified atom stereocenters. The van der Waals surface area contributed by atoms with Gasteiger partial charge in [0.25, 0.3) is 0 Å². The fourth-order valence-electron chi connectivity index (χ4n) is 1.41. The number of nitrogens with one attached hydrogen (secondary N) is 1. The monoisotopic (exact) mass is 254 g/mol. The van der Waals surface area contributed by atoms with Crippen LogP contribution in [0.4, 0.5) is 0 Å². The fraction of sp³-hybridized carbons (Fsp3) is 0.417. The van der Waals surface area contributed by atoms with Crippen molar-refractivity contribution in [1.82, 2.24) is 0 Å². The Bertz CT molecular complexity index is 396. The Morgan fingerprint density at radius 2 is 2.29 bits per heavy atom. The first-order valence-electron chi connectivity index (χ1n) is 5.38. The molecule has 0 bridgehead atoms. The molecule has 5 heteroatoms. The van der Waals surface area contributed by atoms with Gasteiger partial charge in [0.15, 0.2) is 0 Å². The second-order valence-electron chi connectivity index (χ2n) is 3.72. The molecule has 1 aromatic carbocycles. The van der Waals surface area contributed by atoms with E-state index < -0.39 is 0 Å². The largest absolute Gasteiger partial charge is 0.497 e. The van der Waals surface area contributed by atoms with Gasteiger partial charge in [-0.3, -0.25) is 5.41 Å². The quantitative estimate of drug-likeness (QED) is 0.411. The molecule has 0 heterocycles. The molecule has 1 rings (SSSR count). The predicted molar refractivity (Wildman–Crippen MR) is 71.0 cm³/mol. The summed E-state index contributed by atoms with van der Waals surface area (Å²) >= 11 is 1.59. The van der Waals surface area contributed by atoms with Gasteiger partial charge < -0.3 is 15.6 Å². The van der Waals surface area contributed by atoms with Gasteiger partial charge in [-0.1, -0.05) is 6.92 Å². The van der Waals surface area contributed by atoms with Crippen LogP contribution < -0.4 is 10.5 Å². The maximum absolute atomic E-state index is 8.89. The third kappa shape index (κ3) is 3.94. The van der Waals surface area contributed by atoms with E-state index in [9.17, 15) is 0 Å². The Kier molecular flexibility index (Phi) is 5.31. The van der Waals surface area contributed by atoms with Crippen LogP contribution in [0.15, 0.2) is 23.1 Å². The van der Waals surface area contributed by atoms with E-state index in [1.165, 1.54) is 0 Å². The number of thioether (sulfide) groups is 1. The normalized spacial score (nSPS) is 12.2. The van der Waals surface area contributed by atoms with Crippen LogP contribution in [0.1, 0.15) is 18.9 Å². The third-order valence-corrected chi connectivity index (χ3v) is 3.57. The van der Waals surface area contributed by atoms with Gasteiger partial charge in [-0.2, -0.15) is 0 Å². The zero-order chi connectivity index (χ0) is 12.8. The fourth-order valence-corrected chi connectivity index (χ4v) is 2.55. The van der Waals surface area contributed by atoms with Gasteiger partial charge in [-0.05, 0) is 24.6 Å².